The quantitative estimate of drug-likeness (QED) is 0.861. The van der Waals surface area contributed by atoms with Gasteiger partial charge in [-0.1, -0.05) is 18.2 Å². The van der Waals surface area contributed by atoms with E-state index in [-0.39, 0.29) is 17.4 Å². The molecule has 2 aromatic rings. The van der Waals surface area contributed by atoms with E-state index in [1.165, 1.54) is 12.1 Å². The standard InChI is InChI=1S/C17H15NO5S/c1-24(20,21)16-5-3-2-4-13(16)18-17(19)9-7-12-6-8-14-15(10-12)23-11-22-14/h2-10H,11H2,1H3,(H,18,19). The molecule has 0 saturated heterocycles. The Morgan fingerprint density at radius 1 is 1.12 bits per heavy atom. The van der Waals surface area contributed by atoms with Gasteiger partial charge in [-0.3, -0.25) is 4.79 Å². The van der Waals surface area contributed by atoms with Crippen molar-refractivity contribution in [2.24, 2.45) is 0 Å². The van der Waals surface area contributed by atoms with Gasteiger partial charge in [-0.15, -0.1) is 0 Å². The average Bonchev–Trinajstić information content (AvgIpc) is 3.00. The molecule has 7 heteroatoms. The lowest BCUT2D eigenvalue weighted by Crippen LogP contribution is -2.11. The van der Waals surface area contributed by atoms with Crippen molar-refractivity contribution in [1.82, 2.24) is 0 Å². The fraction of sp³-hybridized carbons (Fsp3) is 0.118. The number of amides is 1. The number of fused-ring (bicyclic) bond motifs is 1. The lowest BCUT2D eigenvalue weighted by Gasteiger charge is -2.07. The molecule has 0 saturated carbocycles. The summed E-state index contributed by atoms with van der Waals surface area (Å²) in [5, 5.41) is 2.58. The number of benzene rings is 2. The molecule has 0 spiro atoms. The van der Waals surface area contributed by atoms with Crippen LogP contribution in [-0.2, 0) is 14.6 Å². The molecule has 1 N–H and O–H groups in total. The van der Waals surface area contributed by atoms with Gasteiger partial charge in [-0.05, 0) is 35.9 Å². The molecule has 1 amide bonds. The number of sulfone groups is 1. The smallest absolute Gasteiger partial charge is 0.248 e. The van der Waals surface area contributed by atoms with Crippen molar-refractivity contribution in [3.8, 4) is 11.5 Å². The van der Waals surface area contributed by atoms with Crippen LogP contribution in [0, 0.1) is 0 Å². The molecule has 0 radical (unpaired) electrons. The molecule has 2 aromatic carbocycles. The van der Waals surface area contributed by atoms with Crippen molar-refractivity contribution >= 4 is 27.5 Å². The maximum Gasteiger partial charge on any atom is 0.248 e. The molecule has 0 aromatic heterocycles. The molecule has 0 atom stereocenters. The summed E-state index contributed by atoms with van der Waals surface area (Å²) in [6.45, 7) is 0.186. The highest BCUT2D eigenvalue weighted by molar-refractivity contribution is 7.90. The zero-order valence-electron chi connectivity index (χ0n) is 12.9. The third-order valence-electron chi connectivity index (χ3n) is 3.37. The van der Waals surface area contributed by atoms with Crippen LogP contribution in [0.4, 0.5) is 5.69 Å². The lowest BCUT2D eigenvalue weighted by molar-refractivity contribution is -0.111. The normalized spacial score (nSPS) is 13.2. The van der Waals surface area contributed by atoms with E-state index in [1.54, 1.807) is 42.5 Å². The Morgan fingerprint density at radius 2 is 1.88 bits per heavy atom. The van der Waals surface area contributed by atoms with Crippen LogP contribution < -0.4 is 14.8 Å². The van der Waals surface area contributed by atoms with E-state index in [9.17, 15) is 13.2 Å². The molecule has 1 aliphatic heterocycles. The van der Waals surface area contributed by atoms with Gasteiger partial charge in [0.25, 0.3) is 0 Å². The van der Waals surface area contributed by atoms with E-state index in [4.69, 9.17) is 9.47 Å². The zero-order chi connectivity index (χ0) is 17.2. The Hall–Kier alpha value is -2.80. The second kappa shape index (κ2) is 6.37. The van der Waals surface area contributed by atoms with Crippen LogP contribution in [0.15, 0.2) is 53.4 Å². The maximum atomic E-state index is 12.1. The Morgan fingerprint density at radius 3 is 2.67 bits per heavy atom. The second-order valence-electron chi connectivity index (χ2n) is 5.20. The van der Waals surface area contributed by atoms with E-state index in [0.717, 1.165) is 11.8 Å². The topological polar surface area (TPSA) is 81.7 Å². The number of carbonyl (C=O) groups is 1. The summed E-state index contributed by atoms with van der Waals surface area (Å²) in [5.74, 6) is 0.863. The van der Waals surface area contributed by atoms with Crippen LogP contribution in [0.2, 0.25) is 0 Å². The van der Waals surface area contributed by atoms with E-state index >= 15 is 0 Å². The van der Waals surface area contributed by atoms with Crippen molar-refractivity contribution in [2.75, 3.05) is 18.4 Å². The minimum Gasteiger partial charge on any atom is -0.454 e. The van der Waals surface area contributed by atoms with Gasteiger partial charge in [0.05, 0.1) is 10.6 Å². The molecule has 124 valence electrons. The Kier molecular flexibility index (Phi) is 4.26. The molecular weight excluding hydrogens is 330 g/mol. The molecule has 0 fully saturated rings. The number of nitrogens with one attached hydrogen (secondary N) is 1. The Labute approximate surface area is 139 Å². The van der Waals surface area contributed by atoms with E-state index in [2.05, 4.69) is 5.32 Å². The number of para-hydroxylation sites is 1. The van der Waals surface area contributed by atoms with Crippen LogP contribution in [0.25, 0.3) is 6.08 Å². The molecule has 0 unspecified atom stereocenters. The van der Waals surface area contributed by atoms with Gasteiger partial charge < -0.3 is 14.8 Å². The number of rotatable bonds is 4. The number of anilines is 1. The van der Waals surface area contributed by atoms with E-state index in [0.29, 0.717) is 11.5 Å². The molecular formula is C17H15NO5S. The molecule has 24 heavy (non-hydrogen) atoms. The predicted octanol–water partition coefficient (Wildman–Crippen LogP) is 2.47. The van der Waals surface area contributed by atoms with E-state index in [1.807, 2.05) is 0 Å². The van der Waals surface area contributed by atoms with Gasteiger partial charge in [0.15, 0.2) is 21.3 Å². The minimum absolute atomic E-state index is 0.0785. The first-order chi connectivity index (χ1) is 11.4. The van der Waals surface area contributed by atoms with Crippen molar-refractivity contribution in [3.63, 3.8) is 0 Å². The predicted molar refractivity (Wildman–Crippen MR) is 89.8 cm³/mol. The highest BCUT2D eigenvalue weighted by Crippen LogP contribution is 2.32. The summed E-state index contributed by atoms with van der Waals surface area (Å²) >= 11 is 0. The Balaban J connectivity index is 1.75. The summed E-state index contributed by atoms with van der Waals surface area (Å²) in [6, 6.07) is 11.6. The molecule has 0 aliphatic carbocycles. The monoisotopic (exact) mass is 345 g/mol. The number of hydrogen-bond acceptors (Lipinski definition) is 5. The number of hydrogen-bond donors (Lipinski definition) is 1. The van der Waals surface area contributed by atoms with Crippen molar-refractivity contribution in [3.05, 3.63) is 54.1 Å². The summed E-state index contributed by atoms with van der Waals surface area (Å²) in [6.07, 6.45) is 4.04. The maximum absolute atomic E-state index is 12.1. The summed E-state index contributed by atoms with van der Waals surface area (Å²) < 4.78 is 33.9. The molecule has 0 bridgehead atoms. The minimum atomic E-state index is -3.42. The SMILES string of the molecule is CS(=O)(=O)c1ccccc1NC(=O)C=Cc1ccc2c(c1)OCO2. The van der Waals surface area contributed by atoms with Crippen LogP contribution in [0.1, 0.15) is 5.56 Å². The first-order valence-electron chi connectivity index (χ1n) is 7.11. The molecule has 3 rings (SSSR count). The van der Waals surface area contributed by atoms with Crippen molar-refractivity contribution < 1.29 is 22.7 Å². The van der Waals surface area contributed by atoms with Gasteiger partial charge in [0.1, 0.15) is 0 Å². The van der Waals surface area contributed by atoms with Crippen LogP contribution >= 0.6 is 0 Å². The van der Waals surface area contributed by atoms with Gasteiger partial charge in [0, 0.05) is 12.3 Å². The van der Waals surface area contributed by atoms with Crippen molar-refractivity contribution in [1.29, 1.82) is 0 Å². The average molecular weight is 345 g/mol. The lowest BCUT2D eigenvalue weighted by atomic mass is 10.2. The van der Waals surface area contributed by atoms with E-state index < -0.39 is 15.7 Å². The van der Waals surface area contributed by atoms with Crippen molar-refractivity contribution in [2.45, 2.75) is 4.90 Å². The summed E-state index contributed by atoms with van der Waals surface area (Å²) in [5.41, 5.74) is 1.02. The number of carbonyl (C=O) groups excluding carboxylic acids is 1. The highest BCUT2D eigenvalue weighted by Gasteiger charge is 2.14. The first kappa shape index (κ1) is 16.1. The zero-order valence-corrected chi connectivity index (χ0v) is 13.7. The van der Waals surface area contributed by atoms with Gasteiger partial charge in [0.2, 0.25) is 12.7 Å². The third-order valence-corrected chi connectivity index (χ3v) is 4.52. The fourth-order valence-electron chi connectivity index (χ4n) is 2.26. The number of ether oxygens (including phenoxy) is 2. The third kappa shape index (κ3) is 3.57. The second-order valence-corrected chi connectivity index (χ2v) is 7.19. The first-order valence-corrected chi connectivity index (χ1v) is 9.00. The Bertz CT molecular complexity index is 918. The summed E-state index contributed by atoms with van der Waals surface area (Å²) in [7, 11) is -3.42. The van der Waals surface area contributed by atoms with Gasteiger partial charge in [-0.25, -0.2) is 8.42 Å². The van der Waals surface area contributed by atoms with Gasteiger partial charge >= 0.3 is 0 Å². The molecule has 1 aliphatic rings. The van der Waals surface area contributed by atoms with Crippen LogP contribution in [0.5, 0.6) is 11.5 Å². The molecule has 6 nitrogen and oxygen atoms in total. The van der Waals surface area contributed by atoms with Gasteiger partial charge in [-0.2, -0.15) is 0 Å². The van der Waals surface area contributed by atoms with Crippen LogP contribution in [-0.4, -0.2) is 27.4 Å². The van der Waals surface area contributed by atoms with Crippen LogP contribution in [0.3, 0.4) is 0 Å². The fourth-order valence-corrected chi connectivity index (χ4v) is 3.10. The molecule has 1 heterocycles. The summed E-state index contributed by atoms with van der Waals surface area (Å²) in [4.78, 5) is 12.1. The largest absolute Gasteiger partial charge is 0.454 e. The highest BCUT2D eigenvalue weighted by atomic mass is 32.2.